The van der Waals surface area contributed by atoms with Crippen LogP contribution in [-0.4, -0.2) is 35.8 Å². The summed E-state index contributed by atoms with van der Waals surface area (Å²) in [7, 11) is -3.03. The number of nitrogens with zero attached hydrogens (tertiary/aromatic N) is 3. The van der Waals surface area contributed by atoms with Crippen molar-refractivity contribution in [2.24, 2.45) is 0 Å². The van der Waals surface area contributed by atoms with Crippen LogP contribution in [-0.2, 0) is 27.7 Å². The molecule has 0 amide bonds. The topological polar surface area (TPSA) is 100 Å². The summed E-state index contributed by atoms with van der Waals surface area (Å²) in [6.07, 6.45) is -2.70. The van der Waals surface area contributed by atoms with E-state index in [0.29, 0.717) is 11.1 Å². The van der Waals surface area contributed by atoms with Gasteiger partial charge in [0.15, 0.2) is 11.6 Å². The average Bonchev–Trinajstić information content (AvgIpc) is 3.06. The van der Waals surface area contributed by atoms with Crippen molar-refractivity contribution in [3.63, 3.8) is 0 Å². The van der Waals surface area contributed by atoms with E-state index < -0.39 is 56.2 Å². The van der Waals surface area contributed by atoms with Gasteiger partial charge in [0.1, 0.15) is 11.5 Å². The summed E-state index contributed by atoms with van der Waals surface area (Å²) in [6.45, 7) is -0.202. The van der Waals surface area contributed by atoms with Crippen LogP contribution in [0.1, 0.15) is 41.3 Å². The van der Waals surface area contributed by atoms with Crippen molar-refractivity contribution in [3.8, 4) is 17.0 Å². The van der Waals surface area contributed by atoms with E-state index >= 15 is 0 Å². The van der Waals surface area contributed by atoms with Gasteiger partial charge < -0.3 is 14.0 Å². The van der Waals surface area contributed by atoms with Crippen LogP contribution >= 0.6 is 0 Å². The smallest absolute Gasteiger partial charge is 0.280 e. The molecule has 0 bridgehead atoms. The highest BCUT2D eigenvalue weighted by Crippen LogP contribution is 2.28. The van der Waals surface area contributed by atoms with Gasteiger partial charge in [0, 0.05) is 23.4 Å². The minimum atomic E-state index is -4.35. The zero-order valence-electron chi connectivity index (χ0n) is 25.0. The highest BCUT2D eigenvalue weighted by Gasteiger charge is 2.26. The number of sulfone groups is 1. The molecule has 5 rings (SSSR count). The van der Waals surface area contributed by atoms with Crippen LogP contribution < -0.4 is 10.3 Å². The summed E-state index contributed by atoms with van der Waals surface area (Å²) in [6, 6.07) is 22.4. The van der Waals surface area contributed by atoms with Gasteiger partial charge in [0.2, 0.25) is 15.0 Å². The summed E-state index contributed by atoms with van der Waals surface area (Å²) < 4.78 is 95.5. The van der Waals surface area contributed by atoms with Gasteiger partial charge in [-0.1, -0.05) is 54.6 Å². The molecule has 0 saturated heterocycles. The van der Waals surface area contributed by atoms with Crippen molar-refractivity contribution >= 4 is 9.84 Å². The first-order valence-corrected chi connectivity index (χ1v) is 16.0. The van der Waals surface area contributed by atoms with E-state index in [0.717, 1.165) is 6.07 Å². The second-order valence-electron chi connectivity index (χ2n) is 10.5. The van der Waals surface area contributed by atoms with Gasteiger partial charge in [-0.05, 0) is 47.9 Å². The number of pyridine rings is 1. The zero-order chi connectivity index (χ0) is 33.6. The molecule has 1 unspecified atom stereocenters. The Bertz CT molecular complexity index is 2020. The molecule has 0 radical (unpaired) electrons. The van der Waals surface area contributed by atoms with Crippen LogP contribution in [0, 0.1) is 11.6 Å². The third-order valence-electron chi connectivity index (χ3n) is 7.29. The number of alkyl halides is 2. The molecule has 5 aromatic rings. The van der Waals surface area contributed by atoms with E-state index in [1.165, 1.54) is 48.2 Å². The van der Waals surface area contributed by atoms with Crippen molar-refractivity contribution in [2.75, 3.05) is 12.9 Å². The summed E-state index contributed by atoms with van der Waals surface area (Å²) in [5, 5.41) is -0.818. The molecule has 0 fully saturated rings. The highest BCUT2D eigenvalue weighted by molar-refractivity contribution is 7.91. The first-order chi connectivity index (χ1) is 22.5. The van der Waals surface area contributed by atoms with Gasteiger partial charge in [0.05, 0.1) is 37.8 Å². The molecule has 2 aromatic heterocycles. The maximum absolute atomic E-state index is 14.2. The number of hydrogen-bond donors (Lipinski definition) is 0. The Morgan fingerprint density at radius 1 is 0.872 bits per heavy atom. The third kappa shape index (κ3) is 8.29. The Morgan fingerprint density at radius 2 is 1.62 bits per heavy atom. The van der Waals surface area contributed by atoms with Crippen LogP contribution in [0.2, 0.25) is 0 Å². The Morgan fingerprint density at radius 3 is 2.32 bits per heavy atom. The molecule has 0 aliphatic rings. The molecule has 244 valence electrons. The van der Waals surface area contributed by atoms with Gasteiger partial charge in [-0.2, -0.15) is 0 Å². The second kappa shape index (κ2) is 14.7. The Labute approximate surface area is 268 Å². The van der Waals surface area contributed by atoms with E-state index in [9.17, 15) is 30.8 Å². The van der Waals surface area contributed by atoms with Crippen LogP contribution in [0.15, 0.2) is 107 Å². The molecule has 0 aliphatic heterocycles. The minimum absolute atomic E-state index is 0.0239. The summed E-state index contributed by atoms with van der Waals surface area (Å²) in [5.41, 5.74) is 0.0660. The normalized spacial score (nSPS) is 12.3. The molecule has 1 atom stereocenters. The van der Waals surface area contributed by atoms with Gasteiger partial charge in [0.25, 0.3) is 12.0 Å². The fraction of sp³-hybridized carbons (Fsp3) is 0.206. The lowest BCUT2D eigenvalue weighted by Crippen LogP contribution is -2.20. The number of benzene rings is 3. The second-order valence-corrected chi connectivity index (χ2v) is 12.5. The molecule has 0 N–H and O–H groups in total. The number of hydrogen-bond acceptors (Lipinski definition) is 7. The molecule has 0 spiro atoms. The fourth-order valence-electron chi connectivity index (χ4n) is 4.83. The van der Waals surface area contributed by atoms with E-state index in [1.54, 1.807) is 54.6 Å². The lowest BCUT2D eigenvalue weighted by molar-refractivity contribution is 0.0361. The van der Waals surface area contributed by atoms with Crippen molar-refractivity contribution in [2.45, 2.75) is 37.3 Å². The van der Waals surface area contributed by atoms with Gasteiger partial charge in [-0.25, -0.2) is 35.9 Å². The van der Waals surface area contributed by atoms with E-state index in [2.05, 4.69) is 9.97 Å². The van der Waals surface area contributed by atoms with Crippen molar-refractivity contribution in [1.29, 1.82) is 0 Å². The summed E-state index contributed by atoms with van der Waals surface area (Å²) in [5.74, 6) is -1.65. The van der Waals surface area contributed by atoms with Crippen LogP contribution in [0.3, 0.4) is 0 Å². The number of ether oxygens (including phenoxy) is 2. The number of halogens is 4. The summed E-state index contributed by atoms with van der Waals surface area (Å²) >= 11 is 0. The van der Waals surface area contributed by atoms with Crippen LogP contribution in [0.4, 0.5) is 17.6 Å². The van der Waals surface area contributed by atoms with E-state index in [4.69, 9.17) is 9.47 Å². The molecule has 2 heterocycles. The molecule has 0 saturated carbocycles. The highest BCUT2D eigenvalue weighted by atomic mass is 32.2. The molecular weight excluding hydrogens is 638 g/mol. The standard InChI is InChI=1S/C34H29F4N3O5S/c1-45-31-13-11-22(17-27(31)36)19-41-20-24(12-14-32(41)42)28-18-29(33(37)38)40-34(39-28)47(43,44)16-15-30(23-7-3-2-4-8-23)46-21-25-9-5-6-10-26(25)35/h2-14,17-18,20,30,33H,15-16,19,21H2,1H3. The minimum Gasteiger partial charge on any atom is -0.494 e. The number of aromatic nitrogens is 3. The average molecular weight is 668 g/mol. The molecular formula is C34H29F4N3O5S. The van der Waals surface area contributed by atoms with Crippen molar-refractivity contribution < 1.29 is 35.5 Å². The SMILES string of the molecule is COc1ccc(Cn2cc(-c3cc(C(F)F)nc(S(=O)(=O)CCC(OCc4ccccc4F)c4ccccc4)n3)ccc2=O)cc1F. The predicted molar refractivity (Wildman–Crippen MR) is 166 cm³/mol. The lowest BCUT2D eigenvalue weighted by atomic mass is 10.1. The molecule has 13 heteroatoms. The third-order valence-corrected chi connectivity index (χ3v) is 8.81. The van der Waals surface area contributed by atoms with Crippen molar-refractivity contribution in [1.82, 2.24) is 14.5 Å². The Hall–Kier alpha value is -4.88. The number of rotatable bonds is 13. The molecule has 8 nitrogen and oxygen atoms in total. The molecule has 0 aliphatic carbocycles. The first-order valence-electron chi connectivity index (χ1n) is 14.4. The molecule has 3 aromatic carbocycles. The monoisotopic (exact) mass is 667 g/mol. The van der Waals surface area contributed by atoms with Crippen LogP contribution in [0.5, 0.6) is 5.75 Å². The van der Waals surface area contributed by atoms with Crippen LogP contribution in [0.25, 0.3) is 11.3 Å². The zero-order valence-corrected chi connectivity index (χ0v) is 25.8. The van der Waals surface area contributed by atoms with Gasteiger partial charge in [-0.15, -0.1) is 0 Å². The van der Waals surface area contributed by atoms with E-state index in [-0.39, 0.29) is 42.1 Å². The van der Waals surface area contributed by atoms with Gasteiger partial charge >= 0.3 is 0 Å². The predicted octanol–water partition coefficient (Wildman–Crippen LogP) is 6.70. The first kappa shape index (κ1) is 33.5. The summed E-state index contributed by atoms with van der Waals surface area (Å²) in [4.78, 5) is 20.4. The Kier molecular flexibility index (Phi) is 10.5. The maximum Gasteiger partial charge on any atom is 0.280 e. The van der Waals surface area contributed by atoms with Crippen molar-refractivity contribution in [3.05, 3.63) is 142 Å². The number of methoxy groups -OCH3 is 1. The maximum atomic E-state index is 14.2. The lowest BCUT2D eigenvalue weighted by Gasteiger charge is -2.19. The Balaban J connectivity index is 1.42. The quantitative estimate of drug-likeness (QED) is 0.102. The fourth-order valence-corrected chi connectivity index (χ4v) is 6.02. The largest absolute Gasteiger partial charge is 0.494 e. The molecule has 47 heavy (non-hydrogen) atoms. The van der Waals surface area contributed by atoms with E-state index in [1.807, 2.05) is 0 Å². The van der Waals surface area contributed by atoms with Gasteiger partial charge in [-0.3, -0.25) is 4.79 Å².